The fourth-order valence-corrected chi connectivity index (χ4v) is 2.27. The van der Waals surface area contributed by atoms with Gasteiger partial charge in [0.05, 0.1) is 12.2 Å². The van der Waals surface area contributed by atoms with E-state index in [2.05, 4.69) is 27.7 Å². The van der Waals surface area contributed by atoms with E-state index in [1.165, 1.54) is 6.07 Å². The summed E-state index contributed by atoms with van der Waals surface area (Å²) in [6.45, 7) is 12.7. The van der Waals surface area contributed by atoms with Gasteiger partial charge < -0.3 is 9.47 Å². The third-order valence-electron chi connectivity index (χ3n) is 2.93. The molecule has 0 spiro atoms. The summed E-state index contributed by atoms with van der Waals surface area (Å²) in [6.07, 6.45) is 0.975. The van der Waals surface area contributed by atoms with E-state index in [1.807, 2.05) is 13.8 Å². The molecule has 0 atom stereocenters. The van der Waals surface area contributed by atoms with E-state index in [0.717, 1.165) is 6.42 Å². The second-order valence-corrected chi connectivity index (χ2v) is 6.94. The molecule has 0 fully saturated rings. The minimum atomic E-state index is -0.573. The van der Waals surface area contributed by atoms with E-state index >= 15 is 0 Å². The van der Waals surface area contributed by atoms with Crippen molar-refractivity contribution < 1.29 is 13.9 Å². The van der Waals surface area contributed by atoms with E-state index in [9.17, 15) is 4.39 Å². The van der Waals surface area contributed by atoms with Crippen molar-refractivity contribution in [3.63, 3.8) is 0 Å². The van der Waals surface area contributed by atoms with Crippen LogP contribution in [0.1, 0.15) is 48.0 Å². The number of para-hydroxylation sites is 1. The molecule has 2 nitrogen and oxygen atoms in total. The number of rotatable bonds is 7. The number of hydrogen-bond acceptors (Lipinski definition) is 2. The van der Waals surface area contributed by atoms with Gasteiger partial charge in [-0.05, 0) is 52.2 Å². The standard InChI is InChI=1S/C17H27FO2/c1-13(2)11-16(3,4)19-12-17(5,6)20-15-10-8-7-9-14(15)18/h7-10,13H,11-12H2,1-6H3. The van der Waals surface area contributed by atoms with Gasteiger partial charge in [-0.3, -0.25) is 0 Å². The SMILES string of the molecule is CC(C)CC(C)(C)OCC(C)(C)Oc1ccccc1F. The van der Waals surface area contributed by atoms with Gasteiger partial charge in [-0.25, -0.2) is 4.39 Å². The Morgan fingerprint density at radius 3 is 2.20 bits per heavy atom. The van der Waals surface area contributed by atoms with Crippen LogP contribution in [0.5, 0.6) is 5.75 Å². The minimum absolute atomic E-state index is 0.204. The third-order valence-corrected chi connectivity index (χ3v) is 2.93. The summed E-state index contributed by atoms with van der Waals surface area (Å²) in [6, 6.07) is 6.45. The molecule has 0 aliphatic carbocycles. The fourth-order valence-electron chi connectivity index (χ4n) is 2.27. The molecular weight excluding hydrogens is 255 g/mol. The van der Waals surface area contributed by atoms with Gasteiger partial charge in [-0.2, -0.15) is 0 Å². The largest absolute Gasteiger partial charge is 0.482 e. The Kier molecular flexibility index (Phi) is 5.58. The van der Waals surface area contributed by atoms with E-state index in [4.69, 9.17) is 9.47 Å². The van der Waals surface area contributed by atoms with Crippen LogP contribution < -0.4 is 4.74 Å². The summed E-state index contributed by atoms with van der Waals surface area (Å²) >= 11 is 0. The van der Waals surface area contributed by atoms with Crippen molar-refractivity contribution in [3.8, 4) is 5.75 Å². The zero-order valence-corrected chi connectivity index (χ0v) is 13.5. The molecule has 0 unspecified atom stereocenters. The molecule has 0 aliphatic heterocycles. The van der Waals surface area contributed by atoms with Gasteiger partial charge in [0.2, 0.25) is 0 Å². The third kappa shape index (κ3) is 5.91. The first-order valence-corrected chi connectivity index (χ1v) is 7.19. The quantitative estimate of drug-likeness (QED) is 0.713. The maximum absolute atomic E-state index is 13.6. The second-order valence-electron chi connectivity index (χ2n) is 6.94. The number of halogens is 1. The summed E-state index contributed by atoms with van der Waals surface area (Å²) < 4.78 is 25.3. The number of hydrogen-bond donors (Lipinski definition) is 0. The Bertz CT molecular complexity index is 425. The maximum Gasteiger partial charge on any atom is 0.165 e. The van der Waals surface area contributed by atoms with Crippen LogP contribution >= 0.6 is 0 Å². The van der Waals surface area contributed by atoms with Crippen molar-refractivity contribution in [2.75, 3.05) is 6.61 Å². The van der Waals surface area contributed by atoms with Gasteiger partial charge in [0, 0.05) is 0 Å². The summed E-state index contributed by atoms with van der Waals surface area (Å²) in [5.41, 5.74) is -0.777. The molecule has 0 bridgehead atoms. The molecule has 0 heterocycles. The van der Waals surface area contributed by atoms with Crippen LogP contribution in [0.4, 0.5) is 4.39 Å². The smallest absolute Gasteiger partial charge is 0.165 e. The van der Waals surface area contributed by atoms with E-state index in [0.29, 0.717) is 12.5 Å². The van der Waals surface area contributed by atoms with E-state index in [-0.39, 0.29) is 17.2 Å². The first-order chi connectivity index (χ1) is 9.11. The Morgan fingerprint density at radius 1 is 1.05 bits per heavy atom. The maximum atomic E-state index is 13.6. The molecule has 1 aromatic carbocycles. The van der Waals surface area contributed by atoms with Gasteiger partial charge in [-0.1, -0.05) is 26.0 Å². The fraction of sp³-hybridized carbons (Fsp3) is 0.647. The van der Waals surface area contributed by atoms with Crippen molar-refractivity contribution in [1.82, 2.24) is 0 Å². The van der Waals surface area contributed by atoms with Crippen LogP contribution in [0.25, 0.3) is 0 Å². The highest BCUT2D eigenvalue weighted by Gasteiger charge is 2.27. The summed E-state index contributed by atoms with van der Waals surface area (Å²) in [5.74, 6) is 0.491. The summed E-state index contributed by atoms with van der Waals surface area (Å²) in [5, 5.41) is 0. The molecule has 0 saturated heterocycles. The molecule has 0 aliphatic rings. The van der Waals surface area contributed by atoms with Gasteiger partial charge >= 0.3 is 0 Å². The van der Waals surface area contributed by atoms with Crippen molar-refractivity contribution in [3.05, 3.63) is 30.1 Å². The Balaban J connectivity index is 2.60. The summed E-state index contributed by atoms with van der Waals surface area (Å²) in [7, 11) is 0. The predicted molar refractivity (Wildman–Crippen MR) is 80.6 cm³/mol. The van der Waals surface area contributed by atoms with E-state index < -0.39 is 5.60 Å². The van der Waals surface area contributed by atoms with Crippen molar-refractivity contribution in [2.24, 2.45) is 5.92 Å². The second kappa shape index (κ2) is 6.57. The van der Waals surface area contributed by atoms with Crippen LogP contribution in [0.15, 0.2) is 24.3 Å². The molecular formula is C17H27FO2. The van der Waals surface area contributed by atoms with Crippen LogP contribution in [0.2, 0.25) is 0 Å². The average Bonchev–Trinajstić information content (AvgIpc) is 2.28. The zero-order chi connectivity index (χ0) is 15.4. The molecule has 0 aromatic heterocycles. The lowest BCUT2D eigenvalue weighted by molar-refractivity contribution is -0.0897. The Hall–Kier alpha value is -1.09. The lowest BCUT2D eigenvalue weighted by Gasteiger charge is -2.33. The van der Waals surface area contributed by atoms with Crippen LogP contribution in [-0.2, 0) is 4.74 Å². The van der Waals surface area contributed by atoms with Crippen molar-refractivity contribution >= 4 is 0 Å². The molecule has 20 heavy (non-hydrogen) atoms. The predicted octanol–water partition coefficient (Wildman–Crippen LogP) is 4.82. The minimum Gasteiger partial charge on any atom is -0.482 e. The van der Waals surface area contributed by atoms with Gasteiger partial charge in [0.15, 0.2) is 11.6 Å². The normalized spacial score (nSPS) is 12.8. The van der Waals surface area contributed by atoms with Gasteiger partial charge in [0.1, 0.15) is 5.60 Å². The molecule has 0 saturated carbocycles. The number of ether oxygens (including phenoxy) is 2. The van der Waals surface area contributed by atoms with Gasteiger partial charge in [0.25, 0.3) is 0 Å². The molecule has 1 rings (SSSR count). The molecule has 0 radical (unpaired) electrons. The first-order valence-electron chi connectivity index (χ1n) is 7.19. The van der Waals surface area contributed by atoms with Crippen molar-refractivity contribution in [1.29, 1.82) is 0 Å². The van der Waals surface area contributed by atoms with Gasteiger partial charge in [-0.15, -0.1) is 0 Å². The van der Waals surface area contributed by atoms with Crippen LogP contribution in [0.3, 0.4) is 0 Å². The average molecular weight is 282 g/mol. The zero-order valence-electron chi connectivity index (χ0n) is 13.5. The Morgan fingerprint density at radius 2 is 1.65 bits per heavy atom. The molecule has 0 amide bonds. The molecule has 1 aromatic rings. The highest BCUT2D eigenvalue weighted by molar-refractivity contribution is 5.24. The van der Waals surface area contributed by atoms with Crippen LogP contribution in [-0.4, -0.2) is 17.8 Å². The number of benzene rings is 1. The van der Waals surface area contributed by atoms with E-state index in [1.54, 1.807) is 18.2 Å². The topological polar surface area (TPSA) is 18.5 Å². The molecule has 0 N–H and O–H groups in total. The van der Waals surface area contributed by atoms with Crippen LogP contribution in [0, 0.1) is 11.7 Å². The Labute approximate surface area is 122 Å². The highest BCUT2D eigenvalue weighted by atomic mass is 19.1. The monoisotopic (exact) mass is 282 g/mol. The summed E-state index contributed by atoms with van der Waals surface area (Å²) in [4.78, 5) is 0. The lowest BCUT2D eigenvalue weighted by Crippen LogP contribution is -2.39. The van der Waals surface area contributed by atoms with Crippen molar-refractivity contribution in [2.45, 2.75) is 59.2 Å². The lowest BCUT2D eigenvalue weighted by atomic mass is 9.96. The first kappa shape index (κ1) is 17.0. The molecule has 114 valence electrons. The highest BCUT2D eigenvalue weighted by Crippen LogP contribution is 2.25. The molecule has 3 heteroatoms.